The molecular weight excluding hydrogens is 232 g/mol. The van der Waals surface area contributed by atoms with Gasteiger partial charge in [-0.2, -0.15) is 5.26 Å². The Morgan fingerprint density at radius 2 is 2.53 bits per heavy atom. The maximum absolute atomic E-state index is 11.3. The molecule has 0 unspecified atom stereocenters. The van der Waals surface area contributed by atoms with Gasteiger partial charge in [0.2, 0.25) is 5.91 Å². The first-order chi connectivity index (χ1) is 7.27. The number of nitrogens with one attached hydrogen (secondary N) is 1. The number of aliphatic hydroxyl groups is 1. The summed E-state index contributed by atoms with van der Waals surface area (Å²) >= 11 is 2.68. The Bertz CT molecular complexity index is 370. The van der Waals surface area contributed by atoms with Crippen LogP contribution in [0.2, 0.25) is 0 Å². The third-order valence-electron chi connectivity index (χ3n) is 1.51. The van der Waals surface area contributed by atoms with Crippen LogP contribution in [0.25, 0.3) is 0 Å². The van der Waals surface area contributed by atoms with Crippen LogP contribution in [-0.4, -0.2) is 29.1 Å². The lowest BCUT2D eigenvalue weighted by Gasteiger charge is -2.01. The SMILES string of the molecule is N#Cc1ccsc1NC(=O)CSCCO. The van der Waals surface area contributed by atoms with Crippen LogP contribution in [0, 0.1) is 11.3 Å². The molecule has 0 aromatic carbocycles. The summed E-state index contributed by atoms with van der Waals surface area (Å²) in [6.07, 6.45) is 0. The highest BCUT2D eigenvalue weighted by Crippen LogP contribution is 2.22. The predicted molar refractivity (Wildman–Crippen MR) is 62.1 cm³/mol. The van der Waals surface area contributed by atoms with Crippen molar-refractivity contribution in [2.45, 2.75) is 0 Å². The van der Waals surface area contributed by atoms with E-state index in [0.717, 1.165) is 0 Å². The Morgan fingerprint density at radius 3 is 3.20 bits per heavy atom. The van der Waals surface area contributed by atoms with Crippen LogP contribution in [0.4, 0.5) is 5.00 Å². The van der Waals surface area contributed by atoms with Crippen LogP contribution >= 0.6 is 23.1 Å². The number of anilines is 1. The highest BCUT2D eigenvalue weighted by Gasteiger charge is 2.07. The molecule has 1 aromatic heterocycles. The summed E-state index contributed by atoms with van der Waals surface area (Å²) in [5.41, 5.74) is 0.487. The van der Waals surface area contributed by atoms with E-state index in [2.05, 4.69) is 5.32 Å². The average Bonchev–Trinajstić information content (AvgIpc) is 2.65. The number of rotatable bonds is 5. The fourth-order valence-electron chi connectivity index (χ4n) is 0.886. The van der Waals surface area contributed by atoms with Crippen molar-refractivity contribution in [1.82, 2.24) is 0 Å². The van der Waals surface area contributed by atoms with Crippen molar-refractivity contribution in [2.24, 2.45) is 0 Å². The first kappa shape index (κ1) is 12.0. The molecule has 0 bridgehead atoms. The molecule has 80 valence electrons. The van der Waals surface area contributed by atoms with Gasteiger partial charge in [-0.25, -0.2) is 0 Å². The van der Waals surface area contributed by atoms with Crippen molar-refractivity contribution < 1.29 is 9.90 Å². The van der Waals surface area contributed by atoms with Crippen molar-refractivity contribution in [3.63, 3.8) is 0 Å². The fraction of sp³-hybridized carbons (Fsp3) is 0.333. The Hall–Kier alpha value is -1.03. The fourth-order valence-corrected chi connectivity index (χ4v) is 2.17. The maximum Gasteiger partial charge on any atom is 0.235 e. The second-order valence-corrected chi connectivity index (χ2v) is 4.62. The molecular formula is C9H10N2O2S2. The Morgan fingerprint density at radius 1 is 1.73 bits per heavy atom. The van der Waals surface area contributed by atoms with E-state index < -0.39 is 0 Å². The first-order valence-corrected chi connectivity index (χ1v) is 6.27. The van der Waals surface area contributed by atoms with E-state index in [4.69, 9.17) is 10.4 Å². The quantitative estimate of drug-likeness (QED) is 0.763. The van der Waals surface area contributed by atoms with Gasteiger partial charge >= 0.3 is 0 Å². The number of carbonyl (C=O) groups is 1. The molecule has 2 N–H and O–H groups in total. The monoisotopic (exact) mass is 242 g/mol. The summed E-state index contributed by atoms with van der Waals surface area (Å²) in [6.45, 7) is 0.0698. The van der Waals surface area contributed by atoms with E-state index in [9.17, 15) is 4.79 Å². The largest absolute Gasteiger partial charge is 0.396 e. The molecule has 0 atom stereocenters. The van der Waals surface area contributed by atoms with Crippen LogP contribution in [0.5, 0.6) is 0 Å². The third kappa shape index (κ3) is 3.91. The van der Waals surface area contributed by atoms with Gasteiger partial charge in [-0.05, 0) is 11.4 Å². The Kier molecular flexibility index (Phi) is 5.18. The van der Waals surface area contributed by atoms with Gasteiger partial charge in [-0.3, -0.25) is 4.79 Å². The van der Waals surface area contributed by atoms with Gasteiger partial charge in [-0.15, -0.1) is 23.1 Å². The highest BCUT2D eigenvalue weighted by atomic mass is 32.2. The van der Waals surface area contributed by atoms with E-state index in [-0.39, 0.29) is 12.5 Å². The molecule has 15 heavy (non-hydrogen) atoms. The average molecular weight is 242 g/mol. The number of nitrogens with zero attached hydrogens (tertiary/aromatic N) is 1. The first-order valence-electron chi connectivity index (χ1n) is 4.24. The molecule has 1 aromatic rings. The molecule has 1 rings (SSSR count). The summed E-state index contributed by atoms with van der Waals surface area (Å²) in [5, 5.41) is 22.2. The van der Waals surface area contributed by atoms with Crippen LogP contribution in [0.1, 0.15) is 5.56 Å². The molecule has 0 aliphatic carbocycles. The number of thioether (sulfide) groups is 1. The standard InChI is InChI=1S/C9H10N2O2S2/c10-5-7-1-3-15-9(7)11-8(13)6-14-4-2-12/h1,3,12H,2,4,6H2,(H,11,13). The minimum Gasteiger partial charge on any atom is -0.396 e. The lowest BCUT2D eigenvalue weighted by molar-refractivity contribution is -0.113. The molecule has 4 nitrogen and oxygen atoms in total. The zero-order valence-electron chi connectivity index (χ0n) is 7.90. The maximum atomic E-state index is 11.3. The second kappa shape index (κ2) is 6.45. The van der Waals surface area contributed by atoms with Gasteiger partial charge in [0.1, 0.15) is 11.1 Å². The summed E-state index contributed by atoms with van der Waals surface area (Å²) in [4.78, 5) is 11.3. The minimum absolute atomic E-state index is 0.0698. The smallest absolute Gasteiger partial charge is 0.235 e. The van der Waals surface area contributed by atoms with Crippen LogP contribution < -0.4 is 5.32 Å². The lowest BCUT2D eigenvalue weighted by atomic mass is 10.3. The van der Waals surface area contributed by atoms with Gasteiger partial charge in [-0.1, -0.05) is 0 Å². The summed E-state index contributed by atoms with van der Waals surface area (Å²) in [5.74, 6) is 0.694. The Labute approximate surface area is 95.9 Å². The van der Waals surface area contributed by atoms with Crippen LogP contribution in [0.15, 0.2) is 11.4 Å². The molecule has 0 aliphatic heterocycles. The second-order valence-electron chi connectivity index (χ2n) is 2.60. The molecule has 0 fully saturated rings. The van der Waals surface area contributed by atoms with Crippen molar-refractivity contribution in [2.75, 3.05) is 23.4 Å². The van der Waals surface area contributed by atoms with Gasteiger partial charge in [0.05, 0.1) is 17.9 Å². The van der Waals surface area contributed by atoms with E-state index in [1.54, 1.807) is 11.4 Å². The number of amides is 1. The molecule has 0 aliphatic rings. The highest BCUT2D eigenvalue weighted by molar-refractivity contribution is 7.99. The number of thiophene rings is 1. The number of aliphatic hydroxyl groups excluding tert-OH is 1. The zero-order valence-corrected chi connectivity index (χ0v) is 9.53. The van der Waals surface area contributed by atoms with Gasteiger partial charge < -0.3 is 10.4 Å². The van der Waals surface area contributed by atoms with E-state index in [0.29, 0.717) is 22.1 Å². The molecule has 1 amide bonds. The topological polar surface area (TPSA) is 73.1 Å². The number of hydrogen-bond donors (Lipinski definition) is 2. The van der Waals surface area contributed by atoms with Crippen molar-refractivity contribution >= 4 is 34.0 Å². The van der Waals surface area contributed by atoms with Crippen molar-refractivity contribution in [3.8, 4) is 6.07 Å². The molecule has 0 spiro atoms. The summed E-state index contributed by atoms with van der Waals surface area (Å²) < 4.78 is 0. The van der Waals surface area contributed by atoms with E-state index in [1.165, 1.54) is 23.1 Å². The van der Waals surface area contributed by atoms with Crippen LogP contribution in [-0.2, 0) is 4.79 Å². The van der Waals surface area contributed by atoms with E-state index >= 15 is 0 Å². The number of hydrogen-bond acceptors (Lipinski definition) is 5. The Balaban J connectivity index is 2.42. The van der Waals surface area contributed by atoms with Gasteiger partial charge in [0.15, 0.2) is 0 Å². The molecule has 6 heteroatoms. The summed E-state index contributed by atoms with van der Waals surface area (Å²) in [6, 6.07) is 3.66. The lowest BCUT2D eigenvalue weighted by Crippen LogP contribution is -2.14. The van der Waals surface area contributed by atoms with Gasteiger partial charge in [0.25, 0.3) is 0 Å². The normalized spacial score (nSPS) is 9.60. The zero-order chi connectivity index (χ0) is 11.1. The van der Waals surface area contributed by atoms with Crippen molar-refractivity contribution in [1.29, 1.82) is 5.26 Å². The summed E-state index contributed by atoms with van der Waals surface area (Å²) in [7, 11) is 0. The molecule has 1 heterocycles. The van der Waals surface area contributed by atoms with Gasteiger partial charge in [0, 0.05) is 5.75 Å². The van der Waals surface area contributed by atoms with E-state index in [1.807, 2.05) is 6.07 Å². The molecule has 0 saturated carbocycles. The minimum atomic E-state index is -0.146. The van der Waals surface area contributed by atoms with Crippen molar-refractivity contribution in [3.05, 3.63) is 17.0 Å². The number of carbonyl (C=O) groups excluding carboxylic acids is 1. The predicted octanol–water partition coefficient (Wildman–Crippen LogP) is 1.28. The molecule has 0 saturated heterocycles. The molecule has 0 radical (unpaired) electrons. The third-order valence-corrected chi connectivity index (χ3v) is 3.27. The number of nitriles is 1. The van der Waals surface area contributed by atoms with Crippen LogP contribution in [0.3, 0.4) is 0 Å².